The average molecular weight is 421 g/mol. The van der Waals surface area contributed by atoms with E-state index < -0.39 is 27.8 Å². The van der Waals surface area contributed by atoms with Gasteiger partial charge in [-0.2, -0.15) is 17.5 Å². The van der Waals surface area contributed by atoms with Gasteiger partial charge in [0.1, 0.15) is 0 Å². The number of rotatable bonds is 6. The van der Waals surface area contributed by atoms with Crippen LogP contribution in [0.15, 0.2) is 29.2 Å². The zero-order valence-corrected chi connectivity index (χ0v) is 17.0. The van der Waals surface area contributed by atoms with Gasteiger partial charge in [0.2, 0.25) is 15.9 Å². The molecule has 1 aromatic rings. The summed E-state index contributed by atoms with van der Waals surface area (Å²) < 4.78 is 65.2. The number of carbonyl (C=O) groups is 1. The van der Waals surface area contributed by atoms with Gasteiger partial charge in [-0.3, -0.25) is 9.69 Å². The van der Waals surface area contributed by atoms with E-state index in [-0.39, 0.29) is 23.9 Å². The molecule has 0 saturated carbocycles. The van der Waals surface area contributed by atoms with Crippen molar-refractivity contribution in [3.05, 3.63) is 29.8 Å². The Morgan fingerprint density at radius 2 is 1.75 bits per heavy atom. The first-order valence-corrected chi connectivity index (χ1v) is 10.6. The van der Waals surface area contributed by atoms with Crippen molar-refractivity contribution >= 4 is 15.9 Å². The number of alkyl halides is 3. The maximum Gasteiger partial charge on any atom is 0.416 e. The van der Waals surface area contributed by atoms with Crippen LogP contribution in [0.25, 0.3) is 0 Å². The van der Waals surface area contributed by atoms with E-state index >= 15 is 0 Å². The van der Waals surface area contributed by atoms with Gasteiger partial charge >= 0.3 is 6.18 Å². The number of carbonyl (C=O) groups excluding carboxylic acids is 1. The standard InChI is InChI=1S/C18H26F3N3O3S/c1-13(2)12-22-17(25)14(3)23-7-9-24(10-8-23)28(26,27)16-6-4-5-15(11-16)18(19,20)21/h4-6,11,13-14H,7-10,12H2,1-3H3,(H,22,25)/t14-/m1/s1. The number of sulfonamides is 1. The summed E-state index contributed by atoms with van der Waals surface area (Å²) in [5.41, 5.74) is -0.998. The zero-order chi connectivity index (χ0) is 21.1. The highest BCUT2D eigenvalue weighted by Gasteiger charge is 2.35. The van der Waals surface area contributed by atoms with Crippen molar-refractivity contribution in [3.63, 3.8) is 0 Å². The number of nitrogens with zero attached hydrogens (tertiary/aromatic N) is 2. The molecule has 6 nitrogen and oxygen atoms in total. The first-order chi connectivity index (χ1) is 12.9. The molecule has 1 aromatic carbocycles. The molecule has 0 unspecified atom stereocenters. The Balaban J connectivity index is 2.03. The first kappa shape index (κ1) is 22.6. The Kier molecular flexibility index (Phi) is 7.11. The molecular weight excluding hydrogens is 395 g/mol. The molecule has 2 rings (SSSR count). The van der Waals surface area contributed by atoms with Crippen molar-refractivity contribution in [1.82, 2.24) is 14.5 Å². The van der Waals surface area contributed by atoms with E-state index in [0.717, 1.165) is 16.4 Å². The second-order valence-corrected chi connectivity index (χ2v) is 9.22. The Labute approximate surface area is 163 Å². The second-order valence-electron chi connectivity index (χ2n) is 7.28. The number of piperazine rings is 1. The molecule has 28 heavy (non-hydrogen) atoms. The van der Waals surface area contributed by atoms with Gasteiger partial charge in [0.25, 0.3) is 0 Å². The number of hydrogen-bond acceptors (Lipinski definition) is 4. The molecule has 1 amide bonds. The third kappa shape index (κ3) is 5.45. The molecular formula is C18H26F3N3O3S. The molecule has 1 fully saturated rings. The molecule has 0 radical (unpaired) electrons. The van der Waals surface area contributed by atoms with Gasteiger partial charge in [0.15, 0.2) is 0 Å². The highest BCUT2D eigenvalue weighted by Crippen LogP contribution is 2.31. The highest BCUT2D eigenvalue weighted by atomic mass is 32.2. The maximum atomic E-state index is 12.9. The van der Waals surface area contributed by atoms with E-state index in [2.05, 4.69) is 5.32 Å². The SMILES string of the molecule is CC(C)CNC(=O)[C@@H](C)N1CCN(S(=O)(=O)c2cccc(C(F)(F)F)c2)CC1. The van der Waals surface area contributed by atoms with Crippen LogP contribution in [0, 0.1) is 5.92 Å². The van der Waals surface area contributed by atoms with Gasteiger partial charge in [-0.25, -0.2) is 8.42 Å². The third-order valence-electron chi connectivity index (χ3n) is 4.68. The summed E-state index contributed by atoms with van der Waals surface area (Å²) in [6.07, 6.45) is -4.61. The quantitative estimate of drug-likeness (QED) is 0.765. The minimum absolute atomic E-state index is 0.111. The number of halogens is 3. The third-order valence-corrected chi connectivity index (χ3v) is 6.58. The van der Waals surface area contributed by atoms with Crippen LogP contribution in [0.3, 0.4) is 0 Å². The normalized spacial score (nSPS) is 18.2. The van der Waals surface area contributed by atoms with Crippen LogP contribution < -0.4 is 5.32 Å². The summed E-state index contributed by atoms with van der Waals surface area (Å²) in [5, 5.41) is 2.85. The minimum atomic E-state index is -4.61. The smallest absolute Gasteiger partial charge is 0.354 e. The second kappa shape index (κ2) is 8.79. The lowest BCUT2D eigenvalue weighted by atomic mass is 10.2. The summed E-state index contributed by atoms with van der Waals surface area (Å²) in [7, 11) is -4.03. The van der Waals surface area contributed by atoms with Crippen molar-refractivity contribution in [1.29, 1.82) is 0 Å². The summed E-state index contributed by atoms with van der Waals surface area (Å²) in [6.45, 7) is 7.17. The lowest BCUT2D eigenvalue weighted by molar-refractivity contribution is -0.137. The van der Waals surface area contributed by atoms with Crippen LogP contribution in [-0.4, -0.2) is 62.3 Å². The van der Waals surface area contributed by atoms with E-state index in [0.29, 0.717) is 31.6 Å². The van der Waals surface area contributed by atoms with Gasteiger partial charge in [0.05, 0.1) is 16.5 Å². The summed E-state index contributed by atoms with van der Waals surface area (Å²) in [6, 6.07) is 3.35. The van der Waals surface area contributed by atoms with Crippen LogP contribution in [0.4, 0.5) is 13.2 Å². The van der Waals surface area contributed by atoms with E-state index in [4.69, 9.17) is 0 Å². The minimum Gasteiger partial charge on any atom is -0.354 e. The molecule has 158 valence electrons. The number of nitrogens with one attached hydrogen (secondary N) is 1. The monoisotopic (exact) mass is 421 g/mol. The van der Waals surface area contributed by atoms with Gasteiger partial charge in [-0.1, -0.05) is 19.9 Å². The number of amides is 1. The molecule has 1 N–H and O–H groups in total. The van der Waals surface area contributed by atoms with Gasteiger partial charge in [-0.05, 0) is 31.0 Å². The maximum absolute atomic E-state index is 12.9. The largest absolute Gasteiger partial charge is 0.416 e. The van der Waals surface area contributed by atoms with E-state index in [9.17, 15) is 26.4 Å². The van der Waals surface area contributed by atoms with Crippen LogP contribution in [0.5, 0.6) is 0 Å². The van der Waals surface area contributed by atoms with E-state index in [1.807, 2.05) is 18.7 Å². The Morgan fingerprint density at radius 3 is 2.29 bits per heavy atom. The summed E-state index contributed by atoms with van der Waals surface area (Å²) >= 11 is 0. The van der Waals surface area contributed by atoms with Crippen LogP contribution in [0.2, 0.25) is 0 Å². The molecule has 0 aliphatic carbocycles. The summed E-state index contributed by atoms with van der Waals surface area (Å²) in [5.74, 6) is 0.202. The van der Waals surface area contributed by atoms with Crippen molar-refractivity contribution in [2.24, 2.45) is 5.92 Å². The fraction of sp³-hybridized carbons (Fsp3) is 0.611. The molecule has 0 bridgehead atoms. The van der Waals surface area contributed by atoms with Crippen LogP contribution in [0.1, 0.15) is 26.3 Å². The fourth-order valence-corrected chi connectivity index (χ4v) is 4.40. The molecule has 1 saturated heterocycles. The first-order valence-electron chi connectivity index (χ1n) is 9.12. The molecule has 1 heterocycles. The molecule has 10 heteroatoms. The van der Waals surface area contributed by atoms with Crippen LogP contribution in [-0.2, 0) is 21.0 Å². The molecule has 1 atom stereocenters. The number of hydrogen-bond donors (Lipinski definition) is 1. The predicted molar refractivity (Wildman–Crippen MR) is 99.1 cm³/mol. The zero-order valence-electron chi connectivity index (χ0n) is 16.2. The van der Waals surface area contributed by atoms with E-state index in [1.165, 1.54) is 6.07 Å². The van der Waals surface area contributed by atoms with Crippen molar-refractivity contribution < 1.29 is 26.4 Å². The molecule has 1 aliphatic heterocycles. The molecule has 1 aliphatic rings. The average Bonchev–Trinajstić information content (AvgIpc) is 2.65. The molecule has 0 aromatic heterocycles. The fourth-order valence-electron chi connectivity index (χ4n) is 2.93. The Bertz CT molecular complexity index is 789. The van der Waals surface area contributed by atoms with Crippen molar-refractivity contribution in [3.8, 4) is 0 Å². The van der Waals surface area contributed by atoms with Crippen molar-refractivity contribution in [2.45, 2.75) is 37.9 Å². The lowest BCUT2D eigenvalue weighted by Crippen LogP contribution is -2.55. The van der Waals surface area contributed by atoms with E-state index in [1.54, 1.807) is 6.92 Å². The van der Waals surface area contributed by atoms with Crippen LogP contribution >= 0.6 is 0 Å². The lowest BCUT2D eigenvalue weighted by Gasteiger charge is -2.36. The predicted octanol–water partition coefficient (Wildman–Crippen LogP) is 2.17. The van der Waals surface area contributed by atoms with Gasteiger partial charge in [-0.15, -0.1) is 0 Å². The highest BCUT2D eigenvalue weighted by molar-refractivity contribution is 7.89. The van der Waals surface area contributed by atoms with Gasteiger partial charge < -0.3 is 5.32 Å². The van der Waals surface area contributed by atoms with Gasteiger partial charge in [0, 0.05) is 32.7 Å². The topological polar surface area (TPSA) is 69.7 Å². The summed E-state index contributed by atoms with van der Waals surface area (Å²) in [4.78, 5) is 13.7. The van der Waals surface area contributed by atoms with Crippen molar-refractivity contribution in [2.75, 3.05) is 32.7 Å². The Morgan fingerprint density at radius 1 is 1.14 bits per heavy atom. The Hall–Kier alpha value is -1.65. The molecule has 0 spiro atoms. The number of benzene rings is 1.